The third-order valence-corrected chi connectivity index (χ3v) is 3.69. The van der Waals surface area contributed by atoms with Gasteiger partial charge in [0.05, 0.1) is 26.8 Å². The fourth-order valence-electron chi connectivity index (χ4n) is 2.36. The number of amides is 1. The van der Waals surface area contributed by atoms with Gasteiger partial charge >= 0.3 is 5.97 Å². The summed E-state index contributed by atoms with van der Waals surface area (Å²) in [5, 5.41) is 11.8. The molecule has 2 N–H and O–H groups in total. The molecule has 1 aromatic carbocycles. The minimum absolute atomic E-state index is 0. The lowest BCUT2D eigenvalue weighted by Gasteiger charge is -2.26. The van der Waals surface area contributed by atoms with Gasteiger partial charge in [-0.1, -0.05) is 13.0 Å². The number of hydrogen-bond donors (Lipinski definition) is 2. The second kappa shape index (κ2) is 11.5. The van der Waals surface area contributed by atoms with Crippen molar-refractivity contribution in [1.82, 2.24) is 10.2 Å². The second-order valence-electron chi connectivity index (χ2n) is 5.45. The van der Waals surface area contributed by atoms with Gasteiger partial charge in [0.1, 0.15) is 0 Å². The van der Waals surface area contributed by atoms with Crippen molar-refractivity contribution in [3.05, 3.63) is 23.8 Å². The van der Waals surface area contributed by atoms with Gasteiger partial charge < -0.3 is 19.9 Å². The van der Waals surface area contributed by atoms with Crippen LogP contribution in [0.1, 0.15) is 25.8 Å². The molecule has 1 amide bonds. The first-order valence-corrected chi connectivity index (χ1v) is 7.87. The van der Waals surface area contributed by atoms with E-state index in [1.807, 2.05) is 13.0 Å². The van der Waals surface area contributed by atoms with Crippen molar-refractivity contribution in [3.63, 3.8) is 0 Å². The van der Waals surface area contributed by atoms with E-state index < -0.39 is 12.0 Å². The van der Waals surface area contributed by atoms with Gasteiger partial charge in [-0.2, -0.15) is 0 Å². The van der Waals surface area contributed by atoms with E-state index in [0.29, 0.717) is 24.6 Å². The molecule has 0 radical (unpaired) electrons. The summed E-state index contributed by atoms with van der Waals surface area (Å²) < 4.78 is 10.4. The molecule has 7 nitrogen and oxygen atoms in total. The van der Waals surface area contributed by atoms with Crippen LogP contribution >= 0.6 is 12.4 Å². The SMILES string of the molecule is CCCN(CC(=O)O)C(C)C(=O)NCc1ccc(OC)c(OC)c1.Cl. The highest BCUT2D eigenvalue weighted by molar-refractivity contribution is 5.85. The number of carbonyl (C=O) groups is 2. The molecule has 1 aromatic rings. The van der Waals surface area contributed by atoms with E-state index >= 15 is 0 Å². The summed E-state index contributed by atoms with van der Waals surface area (Å²) >= 11 is 0. The van der Waals surface area contributed by atoms with Gasteiger partial charge in [0.15, 0.2) is 11.5 Å². The summed E-state index contributed by atoms with van der Waals surface area (Å²) in [6, 6.07) is 4.90. The summed E-state index contributed by atoms with van der Waals surface area (Å²) in [6.45, 7) is 4.39. The Kier molecular flexibility index (Phi) is 10.6. The number of benzene rings is 1. The molecular weight excluding hydrogens is 348 g/mol. The lowest BCUT2D eigenvalue weighted by molar-refractivity contribution is -0.139. The van der Waals surface area contributed by atoms with E-state index in [1.165, 1.54) is 0 Å². The van der Waals surface area contributed by atoms with Crippen molar-refractivity contribution in [1.29, 1.82) is 0 Å². The fraction of sp³-hybridized carbons (Fsp3) is 0.529. The largest absolute Gasteiger partial charge is 0.493 e. The van der Waals surface area contributed by atoms with Crippen molar-refractivity contribution >= 4 is 24.3 Å². The highest BCUT2D eigenvalue weighted by Crippen LogP contribution is 2.27. The van der Waals surface area contributed by atoms with Crippen molar-refractivity contribution in [2.24, 2.45) is 0 Å². The predicted octanol–water partition coefficient (Wildman–Crippen LogP) is 1.93. The number of carboxylic acids is 1. The number of nitrogens with one attached hydrogen (secondary N) is 1. The van der Waals surface area contributed by atoms with E-state index in [1.54, 1.807) is 38.2 Å². The molecule has 0 aromatic heterocycles. The maximum absolute atomic E-state index is 12.3. The molecule has 0 aliphatic carbocycles. The Hall–Kier alpha value is -1.99. The molecule has 0 saturated carbocycles. The topological polar surface area (TPSA) is 88.1 Å². The van der Waals surface area contributed by atoms with Crippen LogP contribution in [0.25, 0.3) is 0 Å². The van der Waals surface area contributed by atoms with Gasteiger partial charge in [-0.15, -0.1) is 12.4 Å². The first kappa shape index (κ1) is 23.0. The van der Waals surface area contributed by atoms with Crippen molar-refractivity contribution in [3.8, 4) is 11.5 Å². The third kappa shape index (κ3) is 7.19. The number of nitrogens with zero attached hydrogens (tertiary/aromatic N) is 1. The second-order valence-corrected chi connectivity index (χ2v) is 5.45. The first-order chi connectivity index (χ1) is 11.4. The Balaban J connectivity index is 0.00000576. The van der Waals surface area contributed by atoms with Crippen LogP contribution in [0.15, 0.2) is 18.2 Å². The fourth-order valence-corrected chi connectivity index (χ4v) is 2.36. The number of aliphatic carboxylic acids is 1. The molecule has 25 heavy (non-hydrogen) atoms. The van der Waals surface area contributed by atoms with Crippen LogP contribution in [0.4, 0.5) is 0 Å². The lowest BCUT2D eigenvalue weighted by Crippen LogP contribution is -2.47. The average molecular weight is 375 g/mol. The lowest BCUT2D eigenvalue weighted by atomic mass is 10.2. The number of carboxylic acid groups (broad SMARTS) is 1. The summed E-state index contributed by atoms with van der Waals surface area (Å²) in [4.78, 5) is 24.9. The zero-order chi connectivity index (χ0) is 18.1. The van der Waals surface area contributed by atoms with Crippen LogP contribution in [-0.4, -0.2) is 55.2 Å². The molecule has 142 valence electrons. The maximum atomic E-state index is 12.3. The van der Waals surface area contributed by atoms with Crippen LogP contribution in [0.3, 0.4) is 0 Å². The number of rotatable bonds is 10. The molecule has 0 spiro atoms. The normalized spacial score (nSPS) is 11.4. The Morgan fingerprint density at radius 2 is 1.88 bits per heavy atom. The highest BCUT2D eigenvalue weighted by atomic mass is 35.5. The number of methoxy groups -OCH3 is 2. The summed E-state index contributed by atoms with van der Waals surface area (Å²) in [5.41, 5.74) is 0.869. The minimum Gasteiger partial charge on any atom is -0.493 e. The van der Waals surface area contributed by atoms with Crippen molar-refractivity contribution < 1.29 is 24.2 Å². The Morgan fingerprint density at radius 1 is 1.24 bits per heavy atom. The molecule has 0 aliphatic heterocycles. The van der Waals surface area contributed by atoms with Crippen LogP contribution in [0.5, 0.6) is 11.5 Å². The zero-order valence-electron chi connectivity index (χ0n) is 15.1. The molecule has 1 unspecified atom stereocenters. The van der Waals surface area contributed by atoms with Crippen LogP contribution in [-0.2, 0) is 16.1 Å². The molecule has 0 heterocycles. The molecule has 0 aliphatic rings. The van der Waals surface area contributed by atoms with E-state index in [2.05, 4.69) is 5.32 Å². The number of ether oxygens (including phenoxy) is 2. The van der Waals surface area contributed by atoms with Crippen LogP contribution in [0, 0.1) is 0 Å². The number of halogens is 1. The smallest absolute Gasteiger partial charge is 0.317 e. The highest BCUT2D eigenvalue weighted by Gasteiger charge is 2.22. The van der Waals surface area contributed by atoms with Crippen molar-refractivity contribution in [2.75, 3.05) is 27.3 Å². The van der Waals surface area contributed by atoms with Gasteiger partial charge in [-0.25, -0.2) is 0 Å². The van der Waals surface area contributed by atoms with Gasteiger partial charge in [0, 0.05) is 6.54 Å². The summed E-state index contributed by atoms with van der Waals surface area (Å²) in [7, 11) is 3.11. The third-order valence-electron chi connectivity index (χ3n) is 3.69. The predicted molar refractivity (Wildman–Crippen MR) is 97.6 cm³/mol. The van der Waals surface area contributed by atoms with Gasteiger partial charge in [0.25, 0.3) is 0 Å². The Bertz CT molecular complexity index is 568. The van der Waals surface area contributed by atoms with Crippen molar-refractivity contribution in [2.45, 2.75) is 32.9 Å². The number of hydrogen-bond acceptors (Lipinski definition) is 5. The quantitative estimate of drug-likeness (QED) is 0.650. The molecule has 8 heteroatoms. The van der Waals surface area contributed by atoms with Gasteiger partial charge in [0.2, 0.25) is 5.91 Å². The molecule has 0 bridgehead atoms. The van der Waals surface area contributed by atoms with E-state index in [9.17, 15) is 9.59 Å². The monoisotopic (exact) mass is 374 g/mol. The van der Waals surface area contributed by atoms with E-state index in [4.69, 9.17) is 14.6 Å². The molecule has 0 saturated heterocycles. The minimum atomic E-state index is -0.942. The maximum Gasteiger partial charge on any atom is 0.317 e. The summed E-state index contributed by atoms with van der Waals surface area (Å²) in [5.74, 6) is 0.0646. The van der Waals surface area contributed by atoms with Gasteiger partial charge in [-0.3, -0.25) is 14.5 Å². The molecule has 0 fully saturated rings. The molecule has 1 rings (SSSR count). The summed E-state index contributed by atoms with van der Waals surface area (Å²) in [6.07, 6.45) is 0.778. The number of carbonyl (C=O) groups excluding carboxylic acids is 1. The molecular formula is C17H27ClN2O5. The molecule has 1 atom stereocenters. The average Bonchev–Trinajstić information content (AvgIpc) is 2.57. The van der Waals surface area contributed by atoms with Crippen LogP contribution < -0.4 is 14.8 Å². The van der Waals surface area contributed by atoms with E-state index in [-0.39, 0.29) is 24.9 Å². The zero-order valence-corrected chi connectivity index (χ0v) is 15.9. The van der Waals surface area contributed by atoms with E-state index in [0.717, 1.165) is 12.0 Å². The first-order valence-electron chi connectivity index (χ1n) is 7.87. The Morgan fingerprint density at radius 3 is 2.40 bits per heavy atom. The Labute approximate surface area is 154 Å². The van der Waals surface area contributed by atoms with Gasteiger partial charge in [-0.05, 0) is 37.6 Å². The standard InChI is InChI=1S/C17H26N2O5.ClH/c1-5-8-19(11-16(20)21)12(2)17(22)18-10-13-6-7-14(23-3)15(9-13)24-4;/h6-7,9,12H,5,8,10-11H2,1-4H3,(H,18,22)(H,20,21);1H. The van der Waals surface area contributed by atoms with Crippen LogP contribution in [0.2, 0.25) is 0 Å².